The van der Waals surface area contributed by atoms with Gasteiger partial charge in [-0.25, -0.2) is 4.79 Å². The largest absolute Gasteiger partial charge is 0.504 e. The van der Waals surface area contributed by atoms with E-state index in [0.717, 1.165) is 0 Å². The molecule has 2 rings (SSSR count). The molecule has 2 aromatic rings. The Labute approximate surface area is 148 Å². The van der Waals surface area contributed by atoms with Gasteiger partial charge in [0, 0.05) is 17.8 Å². The minimum absolute atomic E-state index is 0.0909. The van der Waals surface area contributed by atoms with Crippen LogP contribution in [0.3, 0.4) is 0 Å². The van der Waals surface area contributed by atoms with Gasteiger partial charge in [0.2, 0.25) is 0 Å². The molecule has 0 unspecified atom stereocenters. The molecule has 0 heterocycles. The van der Waals surface area contributed by atoms with E-state index in [4.69, 9.17) is 9.47 Å². The van der Waals surface area contributed by atoms with Crippen LogP contribution in [-0.4, -0.2) is 35.1 Å². The highest BCUT2D eigenvalue weighted by molar-refractivity contribution is 5.98. The van der Waals surface area contributed by atoms with Crippen molar-refractivity contribution in [2.45, 2.75) is 13.0 Å². The van der Waals surface area contributed by atoms with Gasteiger partial charge in [-0.1, -0.05) is 12.1 Å². The third kappa shape index (κ3) is 4.26. The molecule has 0 spiro atoms. The van der Waals surface area contributed by atoms with E-state index in [2.05, 4.69) is 5.32 Å². The molecular weight excluding hydrogens is 344 g/mol. The number of non-ortho nitro benzene ring substituents is 1. The molecule has 0 radical (unpaired) electrons. The van der Waals surface area contributed by atoms with Crippen molar-refractivity contribution < 1.29 is 29.1 Å². The molecule has 0 aliphatic carbocycles. The number of nitrogens with one attached hydrogen (secondary N) is 1. The van der Waals surface area contributed by atoms with Gasteiger partial charge in [-0.15, -0.1) is 0 Å². The number of esters is 1. The van der Waals surface area contributed by atoms with Crippen LogP contribution in [0.4, 0.5) is 11.4 Å². The number of phenols is 1. The SMILES string of the molecule is COc1cccc(C(=O)O[C@@H](C)C(=O)Nc2cccc([N+](=O)[O-])c2)c1O. The van der Waals surface area contributed by atoms with Crippen LogP contribution in [0.5, 0.6) is 11.5 Å². The summed E-state index contributed by atoms with van der Waals surface area (Å²) in [5.41, 5.74) is -0.149. The highest BCUT2D eigenvalue weighted by atomic mass is 16.6. The van der Waals surface area contributed by atoms with Crippen molar-refractivity contribution in [2.75, 3.05) is 12.4 Å². The van der Waals surface area contributed by atoms with Crippen LogP contribution in [0, 0.1) is 10.1 Å². The lowest BCUT2D eigenvalue weighted by Gasteiger charge is -2.14. The van der Waals surface area contributed by atoms with Crippen molar-refractivity contribution in [3.8, 4) is 11.5 Å². The van der Waals surface area contributed by atoms with E-state index in [9.17, 15) is 24.8 Å². The van der Waals surface area contributed by atoms with Crippen molar-refractivity contribution in [2.24, 2.45) is 0 Å². The van der Waals surface area contributed by atoms with Crippen LogP contribution in [0.25, 0.3) is 0 Å². The smallest absolute Gasteiger partial charge is 0.342 e. The maximum absolute atomic E-state index is 12.1. The van der Waals surface area contributed by atoms with Crippen molar-refractivity contribution >= 4 is 23.3 Å². The first-order chi connectivity index (χ1) is 12.3. The topological polar surface area (TPSA) is 128 Å². The Hall–Kier alpha value is -3.62. The second-order valence-corrected chi connectivity index (χ2v) is 5.20. The quantitative estimate of drug-likeness (QED) is 0.460. The zero-order valence-corrected chi connectivity index (χ0v) is 14.0. The molecule has 0 fully saturated rings. The monoisotopic (exact) mass is 360 g/mol. The van der Waals surface area contributed by atoms with E-state index in [-0.39, 0.29) is 22.7 Å². The number of para-hydroxylation sites is 1. The molecule has 2 aromatic carbocycles. The molecular formula is C17H16N2O7. The summed E-state index contributed by atoms with van der Waals surface area (Å²) < 4.78 is 9.93. The fourth-order valence-electron chi connectivity index (χ4n) is 2.07. The Bertz CT molecular complexity index is 851. The number of nitro benzene ring substituents is 1. The van der Waals surface area contributed by atoms with Crippen LogP contribution in [0.2, 0.25) is 0 Å². The number of nitrogens with zero attached hydrogens (tertiary/aromatic N) is 1. The zero-order chi connectivity index (χ0) is 19.3. The Morgan fingerprint density at radius 3 is 2.58 bits per heavy atom. The van der Waals surface area contributed by atoms with Crippen molar-refractivity contribution in [3.63, 3.8) is 0 Å². The molecule has 0 saturated carbocycles. The predicted octanol–water partition coefficient (Wildman–Crippen LogP) is 2.49. The molecule has 1 amide bonds. The van der Waals surface area contributed by atoms with E-state index in [1.807, 2.05) is 0 Å². The maximum atomic E-state index is 12.1. The van der Waals surface area contributed by atoms with Crippen LogP contribution in [0.1, 0.15) is 17.3 Å². The summed E-state index contributed by atoms with van der Waals surface area (Å²) in [4.78, 5) is 34.4. The molecule has 0 aromatic heterocycles. The van der Waals surface area contributed by atoms with Crippen molar-refractivity contribution in [1.29, 1.82) is 0 Å². The molecule has 2 N–H and O–H groups in total. The van der Waals surface area contributed by atoms with Gasteiger partial charge in [0.1, 0.15) is 5.56 Å². The van der Waals surface area contributed by atoms with Crippen LogP contribution >= 0.6 is 0 Å². The third-order valence-corrected chi connectivity index (χ3v) is 3.42. The summed E-state index contributed by atoms with van der Waals surface area (Å²) in [5.74, 6) is -1.90. The molecule has 0 aliphatic heterocycles. The molecule has 26 heavy (non-hydrogen) atoms. The fourth-order valence-corrected chi connectivity index (χ4v) is 2.07. The number of benzene rings is 2. The van der Waals surface area contributed by atoms with Crippen LogP contribution in [-0.2, 0) is 9.53 Å². The first-order valence-electron chi connectivity index (χ1n) is 7.45. The number of carbonyl (C=O) groups excluding carboxylic acids is 2. The Kier molecular flexibility index (Phi) is 5.74. The molecule has 0 saturated heterocycles. The second-order valence-electron chi connectivity index (χ2n) is 5.20. The van der Waals surface area contributed by atoms with Gasteiger partial charge in [0.15, 0.2) is 17.6 Å². The standard InChI is InChI=1S/C17H16N2O7/c1-10(16(21)18-11-5-3-6-12(9-11)19(23)24)26-17(22)13-7-4-8-14(25-2)15(13)20/h3-10,20H,1-2H3,(H,18,21)/t10-/m0/s1. The van der Waals surface area contributed by atoms with E-state index in [1.54, 1.807) is 0 Å². The number of anilines is 1. The summed E-state index contributed by atoms with van der Waals surface area (Å²) in [6.45, 7) is 1.34. The summed E-state index contributed by atoms with van der Waals surface area (Å²) in [5, 5.41) is 23.1. The van der Waals surface area contributed by atoms with Gasteiger partial charge in [-0.3, -0.25) is 14.9 Å². The third-order valence-electron chi connectivity index (χ3n) is 3.42. The number of aromatic hydroxyl groups is 1. The average molecular weight is 360 g/mol. The minimum atomic E-state index is -1.20. The summed E-state index contributed by atoms with van der Waals surface area (Å²) in [6.07, 6.45) is -1.20. The van der Waals surface area contributed by atoms with Gasteiger partial charge >= 0.3 is 5.97 Å². The maximum Gasteiger partial charge on any atom is 0.342 e. The number of rotatable bonds is 6. The van der Waals surface area contributed by atoms with E-state index >= 15 is 0 Å². The summed E-state index contributed by atoms with van der Waals surface area (Å²) in [6, 6.07) is 9.62. The average Bonchev–Trinajstić information content (AvgIpc) is 2.61. The van der Waals surface area contributed by atoms with Gasteiger partial charge in [0.25, 0.3) is 11.6 Å². The molecule has 0 aliphatic rings. The molecule has 9 nitrogen and oxygen atoms in total. The summed E-state index contributed by atoms with van der Waals surface area (Å²) in [7, 11) is 1.33. The highest BCUT2D eigenvalue weighted by Gasteiger charge is 2.22. The number of nitro groups is 1. The highest BCUT2D eigenvalue weighted by Crippen LogP contribution is 2.30. The first kappa shape index (κ1) is 18.7. The minimum Gasteiger partial charge on any atom is -0.504 e. The molecule has 0 bridgehead atoms. The van der Waals surface area contributed by atoms with Gasteiger partial charge in [0.05, 0.1) is 12.0 Å². The van der Waals surface area contributed by atoms with Gasteiger partial charge in [-0.2, -0.15) is 0 Å². The Morgan fingerprint density at radius 1 is 1.23 bits per heavy atom. The van der Waals surface area contributed by atoms with E-state index in [0.29, 0.717) is 0 Å². The predicted molar refractivity (Wildman–Crippen MR) is 91.3 cm³/mol. The number of methoxy groups -OCH3 is 1. The lowest BCUT2D eigenvalue weighted by molar-refractivity contribution is -0.384. The van der Waals surface area contributed by atoms with Crippen LogP contribution in [0.15, 0.2) is 42.5 Å². The molecule has 136 valence electrons. The van der Waals surface area contributed by atoms with E-state index in [1.165, 1.54) is 56.5 Å². The lowest BCUT2D eigenvalue weighted by atomic mass is 10.2. The number of ether oxygens (including phenoxy) is 2. The number of hydrogen-bond acceptors (Lipinski definition) is 7. The molecule has 9 heteroatoms. The Morgan fingerprint density at radius 2 is 1.92 bits per heavy atom. The summed E-state index contributed by atoms with van der Waals surface area (Å²) >= 11 is 0. The second kappa shape index (κ2) is 7.97. The van der Waals surface area contributed by atoms with Crippen LogP contribution < -0.4 is 10.1 Å². The zero-order valence-electron chi connectivity index (χ0n) is 14.0. The number of phenolic OH excluding ortho intramolecular Hbond substituents is 1. The van der Waals surface area contributed by atoms with Gasteiger partial charge in [-0.05, 0) is 25.1 Å². The van der Waals surface area contributed by atoms with Crippen molar-refractivity contribution in [3.05, 3.63) is 58.1 Å². The molecule has 1 atom stereocenters. The normalized spacial score (nSPS) is 11.3. The number of amides is 1. The first-order valence-corrected chi connectivity index (χ1v) is 7.45. The Balaban J connectivity index is 2.06. The number of carbonyl (C=O) groups is 2. The van der Waals surface area contributed by atoms with Gasteiger partial charge < -0.3 is 19.9 Å². The lowest BCUT2D eigenvalue weighted by Crippen LogP contribution is -2.30. The van der Waals surface area contributed by atoms with Crippen molar-refractivity contribution in [1.82, 2.24) is 0 Å². The number of hydrogen-bond donors (Lipinski definition) is 2. The fraction of sp³-hybridized carbons (Fsp3) is 0.176. The van der Waals surface area contributed by atoms with E-state index < -0.39 is 28.7 Å².